The molecule has 8 nitrogen and oxygen atoms in total. The number of anilines is 2. The highest BCUT2D eigenvalue weighted by atomic mass is 16.2. The summed E-state index contributed by atoms with van der Waals surface area (Å²) in [6, 6.07) is 13.3. The van der Waals surface area contributed by atoms with Crippen LogP contribution in [0.2, 0.25) is 0 Å². The van der Waals surface area contributed by atoms with Gasteiger partial charge < -0.3 is 10.2 Å². The van der Waals surface area contributed by atoms with Gasteiger partial charge in [0.2, 0.25) is 11.8 Å². The third-order valence-corrected chi connectivity index (χ3v) is 4.91. The van der Waals surface area contributed by atoms with Crippen molar-refractivity contribution < 1.29 is 9.59 Å². The molecule has 8 heteroatoms. The van der Waals surface area contributed by atoms with Gasteiger partial charge in [-0.25, -0.2) is 4.68 Å². The average Bonchev–Trinajstić information content (AvgIpc) is 3.34. The second-order valence-electron chi connectivity index (χ2n) is 6.99. The Balaban J connectivity index is 1.48. The average molecular weight is 376 g/mol. The Morgan fingerprint density at radius 2 is 1.93 bits per heavy atom. The van der Waals surface area contributed by atoms with Crippen LogP contribution in [-0.2, 0) is 9.59 Å². The van der Waals surface area contributed by atoms with E-state index in [1.54, 1.807) is 9.58 Å². The Morgan fingerprint density at radius 1 is 1.14 bits per heavy atom. The minimum atomic E-state index is -0.397. The predicted octanol–water partition coefficient (Wildman–Crippen LogP) is 2.27. The van der Waals surface area contributed by atoms with Gasteiger partial charge in [0.1, 0.15) is 6.33 Å². The molecule has 0 bridgehead atoms. The number of amides is 2. The summed E-state index contributed by atoms with van der Waals surface area (Å²) < 4.78 is 1.54. The van der Waals surface area contributed by atoms with Crippen molar-refractivity contribution in [2.24, 2.45) is 5.92 Å². The van der Waals surface area contributed by atoms with Crippen LogP contribution in [0, 0.1) is 19.8 Å². The topological polar surface area (TPSA) is 93.0 Å². The van der Waals surface area contributed by atoms with Crippen molar-refractivity contribution in [2.45, 2.75) is 20.3 Å². The van der Waals surface area contributed by atoms with Gasteiger partial charge in [0.15, 0.2) is 0 Å². The molecule has 1 aliphatic rings. The van der Waals surface area contributed by atoms with E-state index in [9.17, 15) is 9.59 Å². The standard InChI is InChI=1S/C20H20N6O2/c1-13-3-7-17(8-4-13)25-11-15(9-19(25)27)20(28)22-16-6-5-14(2)18(10-16)26-12-21-23-24-26/h3-8,10,12,15H,9,11H2,1-2H3,(H,22,28)/t15-/m1/s1. The van der Waals surface area contributed by atoms with Gasteiger partial charge in [0, 0.05) is 24.3 Å². The second kappa shape index (κ2) is 7.22. The van der Waals surface area contributed by atoms with Gasteiger partial charge in [0.05, 0.1) is 11.6 Å². The zero-order valence-electron chi connectivity index (χ0n) is 15.7. The van der Waals surface area contributed by atoms with Gasteiger partial charge in [-0.3, -0.25) is 9.59 Å². The van der Waals surface area contributed by atoms with E-state index in [0.717, 1.165) is 22.5 Å². The fourth-order valence-corrected chi connectivity index (χ4v) is 3.31. The van der Waals surface area contributed by atoms with Gasteiger partial charge in [-0.1, -0.05) is 23.8 Å². The zero-order valence-corrected chi connectivity index (χ0v) is 15.7. The SMILES string of the molecule is Cc1ccc(N2C[C@H](C(=O)Nc3ccc(C)c(-n4cnnn4)c3)CC2=O)cc1. The van der Waals surface area contributed by atoms with E-state index in [1.807, 2.05) is 56.3 Å². The molecule has 0 unspecified atom stereocenters. The largest absolute Gasteiger partial charge is 0.326 e. The van der Waals surface area contributed by atoms with Crippen molar-refractivity contribution in [3.63, 3.8) is 0 Å². The molecule has 1 N–H and O–H groups in total. The Labute approximate surface area is 162 Å². The monoisotopic (exact) mass is 376 g/mol. The van der Waals surface area contributed by atoms with Gasteiger partial charge in [-0.2, -0.15) is 0 Å². The lowest BCUT2D eigenvalue weighted by Gasteiger charge is -2.17. The fourth-order valence-electron chi connectivity index (χ4n) is 3.31. The molecule has 142 valence electrons. The maximum Gasteiger partial charge on any atom is 0.229 e. The van der Waals surface area contributed by atoms with Crippen molar-refractivity contribution >= 4 is 23.2 Å². The molecule has 0 radical (unpaired) electrons. The summed E-state index contributed by atoms with van der Waals surface area (Å²) in [5.74, 6) is -0.608. The molecule has 28 heavy (non-hydrogen) atoms. The molecule has 2 aromatic carbocycles. The smallest absolute Gasteiger partial charge is 0.229 e. The zero-order chi connectivity index (χ0) is 19.7. The van der Waals surface area contributed by atoms with E-state index in [1.165, 1.54) is 6.33 Å². The quantitative estimate of drug-likeness (QED) is 0.754. The predicted molar refractivity (Wildman–Crippen MR) is 104 cm³/mol. The van der Waals surface area contributed by atoms with Crippen LogP contribution < -0.4 is 10.2 Å². The number of aromatic nitrogens is 4. The lowest BCUT2D eigenvalue weighted by atomic mass is 10.1. The molecule has 0 spiro atoms. The number of hydrogen-bond donors (Lipinski definition) is 1. The van der Waals surface area contributed by atoms with Gasteiger partial charge in [0.25, 0.3) is 0 Å². The van der Waals surface area contributed by atoms with E-state index in [-0.39, 0.29) is 18.2 Å². The number of benzene rings is 2. The van der Waals surface area contributed by atoms with E-state index in [4.69, 9.17) is 0 Å². The maximum absolute atomic E-state index is 12.7. The summed E-state index contributed by atoms with van der Waals surface area (Å²) in [5, 5.41) is 14.1. The van der Waals surface area contributed by atoms with Crippen LogP contribution in [0.5, 0.6) is 0 Å². The lowest BCUT2D eigenvalue weighted by Crippen LogP contribution is -2.28. The van der Waals surface area contributed by atoms with Crippen LogP contribution >= 0.6 is 0 Å². The van der Waals surface area contributed by atoms with Crippen molar-refractivity contribution in [3.8, 4) is 5.69 Å². The number of nitrogens with zero attached hydrogens (tertiary/aromatic N) is 5. The Morgan fingerprint density at radius 3 is 2.64 bits per heavy atom. The van der Waals surface area contributed by atoms with Gasteiger partial charge in [-0.05, 0) is 54.1 Å². The summed E-state index contributed by atoms with van der Waals surface area (Å²) in [4.78, 5) is 26.8. The van der Waals surface area contributed by atoms with Crippen LogP contribution in [0.15, 0.2) is 48.8 Å². The third-order valence-electron chi connectivity index (χ3n) is 4.91. The highest BCUT2D eigenvalue weighted by Gasteiger charge is 2.35. The molecule has 2 heterocycles. The molecule has 1 saturated heterocycles. The molecular weight excluding hydrogens is 356 g/mol. The summed E-state index contributed by atoms with van der Waals surface area (Å²) in [5.41, 5.74) is 4.35. The second-order valence-corrected chi connectivity index (χ2v) is 6.99. The molecule has 1 aliphatic heterocycles. The van der Waals surface area contributed by atoms with Crippen LogP contribution in [0.25, 0.3) is 5.69 Å². The Bertz CT molecular complexity index is 1010. The minimum Gasteiger partial charge on any atom is -0.326 e. The molecular formula is C20H20N6O2. The molecule has 1 atom stereocenters. The molecule has 2 amide bonds. The number of rotatable bonds is 4. The van der Waals surface area contributed by atoms with Gasteiger partial charge >= 0.3 is 0 Å². The number of aryl methyl sites for hydroxylation is 2. The summed E-state index contributed by atoms with van der Waals surface area (Å²) in [6.45, 7) is 4.31. The van der Waals surface area contributed by atoms with Crippen LogP contribution in [0.1, 0.15) is 17.5 Å². The fraction of sp³-hybridized carbons (Fsp3) is 0.250. The van der Waals surface area contributed by atoms with Crippen LogP contribution in [0.4, 0.5) is 11.4 Å². The number of tetrazole rings is 1. The number of carbonyl (C=O) groups is 2. The van der Waals surface area contributed by atoms with E-state index < -0.39 is 5.92 Å². The minimum absolute atomic E-state index is 0.0395. The van der Waals surface area contributed by atoms with E-state index >= 15 is 0 Å². The highest BCUT2D eigenvalue weighted by molar-refractivity contribution is 6.03. The first-order valence-electron chi connectivity index (χ1n) is 9.03. The molecule has 1 fully saturated rings. The van der Waals surface area contributed by atoms with E-state index in [2.05, 4.69) is 20.8 Å². The Kier molecular flexibility index (Phi) is 4.60. The molecule has 0 aliphatic carbocycles. The van der Waals surface area contributed by atoms with Crippen LogP contribution in [0.3, 0.4) is 0 Å². The molecule has 4 rings (SSSR count). The van der Waals surface area contributed by atoms with Gasteiger partial charge in [-0.15, -0.1) is 5.10 Å². The lowest BCUT2D eigenvalue weighted by molar-refractivity contribution is -0.122. The summed E-state index contributed by atoms with van der Waals surface area (Å²) in [6.07, 6.45) is 1.70. The first-order valence-corrected chi connectivity index (χ1v) is 9.03. The highest BCUT2D eigenvalue weighted by Crippen LogP contribution is 2.27. The van der Waals surface area contributed by atoms with Crippen molar-refractivity contribution in [1.82, 2.24) is 20.2 Å². The van der Waals surface area contributed by atoms with Crippen molar-refractivity contribution in [3.05, 3.63) is 59.9 Å². The van der Waals surface area contributed by atoms with E-state index in [0.29, 0.717) is 12.2 Å². The normalized spacial score (nSPS) is 16.4. The van der Waals surface area contributed by atoms with Crippen molar-refractivity contribution in [1.29, 1.82) is 0 Å². The molecule has 0 saturated carbocycles. The summed E-state index contributed by atoms with van der Waals surface area (Å²) >= 11 is 0. The first kappa shape index (κ1) is 17.8. The number of hydrogen-bond acceptors (Lipinski definition) is 5. The number of nitrogens with one attached hydrogen (secondary N) is 1. The first-order chi connectivity index (χ1) is 13.5. The maximum atomic E-state index is 12.7. The summed E-state index contributed by atoms with van der Waals surface area (Å²) in [7, 11) is 0. The molecule has 1 aromatic heterocycles. The Hall–Kier alpha value is -3.55. The van der Waals surface area contributed by atoms with Crippen LogP contribution in [-0.4, -0.2) is 38.6 Å². The number of carbonyl (C=O) groups excluding carboxylic acids is 2. The third kappa shape index (κ3) is 3.48. The van der Waals surface area contributed by atoms with Crippen molar-refractivity contribution in [2.75, 3.05) is 16.8 Å². The molecule has 3 aromatic rings.